The first-order valence-electron chi connectivity index (χ1n) is 8.70. The highest BCUT2D eigenvalue weighted by atomic mass is 16.5. The Hall–Kier alpha value is -0.860. The van der Waals surface area contributed by atoms with E-state index < -0.39 is 0 Å². The van der Waals surface area contributed by atoms with Gasteiger partial charge in [-0.25, -0.2) is 0 Å². The van der Waals surface area contributed by atoms with Gasteiger partial charge in [-0.3, -0.25) is 0 Å². The fourth-order valence-corrected chi connectivity index (χ4v) is 3.60. The summed E-state index contributed by atoms with van der Waals surface area (Å²) < 4.78 is 5.52. The molecule has 0 unspecified atom stereocenters. The van der Waals surface area contributed by atoms with E-state index in [1.54, 1.807) is 0 Å². The molecule has 2 heteroatoms. The lowest BCUT2D eigenvalue weighted by Gasteiger charge is -2.37. The lowest BCUT2D eigenvalue weighted by atomic mass is 9.81. The summed E-state index contributed by atoms with van der Waals surface area (Å²) in [6, 6.07) is 9.20. The van der Waals surface area contributed by atoms with Crippen LogP contribution in [0.5, 0.6) is 0 Å². The molecule has 1 aliphatic heterocycles. The highest BCUT2D eigenvalue weighted by molar-refractivity contribution is 5.24. The first-order valence-corrected chi connectivity index (χ1v) is 8.70. The Bertz CT molecular complexity index is 447. The number of nitrogens with one attached hydrogen (secondary N) is 1. The van der Waals surface area contributed by atoms with Gasteiger partial charge in [-0.15, -0.1) is 0 Å². The molecule has 21 heavy (non-hydrogen) atoms. The molecule has 0 amide bonds. The predicted octanol–water partition coefficient (Wildman–Crippen LogP) is 4.08. The second kappa shape index (κ2) is 6.93. The quantitative estimate of drug-likeness (QED) is 0.851. The zero-order valence-electron chi connectivity index (χ0n) is 13.4. The molecule has 116 valence electrons. The van der Waals surface area contributed by atoms with Crippen LogP contribution in [-0.2, 0) is 17.7 Å². The van der Waals surface area contributed by atoms with Crippen LogP contribution in [0.1, 0.15) is 56.6 Å². The number of hydrogen-bond donors (Lipinski definition) is 1. The van der Waals surface area contributed by atoms with Gasteiger partial charge in [0.25, 0.3) is 0 Å². The first kappa shape index (κ1) is 15.1. The third-order valence-electron chi connectivity index (χ3n) is 5.53. The summed E-state index contributed by atoms with van der Waals surface area (Å²) in [6.45, 7) is 5.10. The Morgan fingerprint density at radius 2 is 1.95 bits per heavy atom. The predicted molar refractivity (Wildman–Crippen MR) is 87.4 cm³/mol. The Labute approximate surface area is 129 Å². The SMILES string of the molecule is CCC1(NCc2cccc(CC3CCC3)c2)CCOCC1. The molecule has 0 atom stereocenters. The number of rotatable bonds is 6. The maximum absolute atomic E-state index is 5.52. The van der Waals surface area contributed by atoms with E-state index in [4.69, 9.17) is 4.74 Å². The van der Waals surface area contributed by atoms with E-state index in [2.05, 4.69) is 36.5 Å². The highest BCUT2D eigenvalue weighted by Gasteiger charge is 2.29. The number of hydrogen-bond acceptors (Lipinski definition) is 2. The highest BCUT2D eigenvalue weighted by Crippen LogP contribution is 2.30. The van der Waals surface area contributed by atoms with Gasteiger partial charge in [-0.05, 0) is 42.7 Å². The van der Waals surface area contributed by atoms with Gasteiger partial charge in [0.1, 0.15) is 0 Å². The maximum Gasteiger partial charge on any atom is 0.0483 e. The minimum absolute atomic E-state index is 0.294. The lowest BCUT2D eigenvalue weighted by molar-refractivity contribution is 0.0357. The molecule has 0 bridgehead atoms. The van der Waals surface area contributed by atoms with Crippen LogP contribution < -0.4 is 5.32 Å². The Balaban J connectivity index is 1.57. The average Bonchev–Trinajstić information content (AvgIpc) is 2.50. The molecule has 3 rings (SSSR count). The summed E-state index contributed by atoms with van der Waals surface area (Å²) in [5.74, 6) is 0.950. The van der Waals surface area contributed by atoms with Gasteiger partial charge in [0, 0.05) is 25.3 Å². The van der Waals surface area contributed by atoms with Crippen molar-refractivity contribution >= 4 is 0 Å². The summed E-state index contributed by atoms with van der Waals surface area (Å²) in [4.78, 5) is 0. The lowest BCUT2D eigenvalue weighted by Crippen LogP contribution is -2.48. The zero-order chi connectivity index (χ0) is 14.5. The van der Waals surface area contributed by atoms with Crippen LogP contribution in [0.4, 0.5) is 0 Å². The van der Waals surface area contributed by atoms with Crippen LogP contribution in [0, 0.1) is 5.92 Å². The van der Waals surface area contributed by atoms with Crippen LogP contribution in [0.25, 0.3) is 0 Å². The van der Waals surface area contributed by atoms with Crippen molar-refractivity contribution < 1.29 is 4.74 Å². The van der Waals surface area contributed by atoms with E-state index in [9.17, 15) is 0 Å². The molecule has 1 saturated carbocycles. The zero-order valence-corrected chi connectivity index (χ0v) is 13.4. The van der Waals surface area contributed by atoms with Gasteiger partial charge >= 0.3 is 0 Å². The van der Waals surface area contributed by atoms with E-state index in [1.807, 2.05) is 0 Å². The minimum atomic E-state index is 0.294. The third kappa shape index (κ3) is 3.87. The Kier molecular flexibility index (Phi) is 4.97. The maximum atomic E-state index is 5.52. The second-order valence-corrected chi connectivity index (χ2v) is 6.92. The van der Waals surface area contributed by atoms with Crippen molar-refractivity contribution in [1.82, 2.24) is 5.32 Å². The molecular weight excluding hydrogens is 258 g/mol. The van der Waals surface area contributed by atoms with Gasteiger partial charge in [-0.2, -0.15) is 0 Å². The molecule has 1 aliphatic carbocycles. The average molecular weight is 287 g/mol. The number of ether oxygens (including phenoxy) is 1. The molecule has 1 aromatic carbocycles. The van der Waals surface area contributed by atoms with E-state index in [1.165, 1.54) is 43.2 Å². The van der Waals surface area contributed by atoms with Crippen molar-refractivity contribution in [1.29, 1.82) is 0 Å². The van der Waals surface area contributed by atoms with Gasteiger partial charge in [-0.1, -0.05) is 50.5 Å². The van der Waals surface area contributed by atoms with Crippen LogP contribution in [-0.4, -0.2) is 18.8 Å². The number of benzene rings is 1. The van der Waals surface area contributed by atoms with E-state index in [0.29, 0.717) is 5.54 Å². The van der Waals surface area contributed by atoms with Crippen molar-refractivity contribution in [3.05, 3.63) is 35.4 Å². The summed E-state index contributed by atoms with van der Waals surface area (Å²) in [6.07, 6.45) is 9.06. The molecule has 1 saturated heterocycles. The molecule has 0 spiro atoms. The van der Waals surface area contributed by atoms with Gasteiger partial charge < -0.3 is 10.1 Å². The van der Waals surface area contributed by atoms with Crippen LogP contribution >= 0.6 is 0 Å². The Morgan fingerprint density at radius 3 is 2.62 bits per heavy atom. The van der Waals surface area contributed by atoms with E-state index in [0.717, 1.165) is 38.5 Å². The van der Waals surface area contributed by atoms with Gasteiger partial charge in [0.15, 0.2) is 0 Å². The van der Waals surface area contributed by atoms with Gasteiger partial charge in [0.2, 0.25) is 0 Å². The fourth-order valence-electron chi connectivity index (χ4n) is 3.60. The molecule has 2 nitrogen and oxygen atoms in total. The molecular formula is C19H29NO. The summed E-state index contributed by atoms with van der Waals surface area (Å²) in [5, 5.41) is 3.83. The monoisotopic (exact) mass is 287 g/mol. The smallest absolute Gasteiger partial charge is 0.0483 e. The molecule has 0 radical (unpaired) electrons. The molecule has 0 aromatic heterocycles. The summed E-state index contributed by atoms with van der Waals surface area (Å²) >= 11 is 0. The normalized spacial score (nSPS) is 22.0. The van der Waals surface area contributed by atoms with E-state index in [-0.39, 0.29) is 0 Å². The van der Waals surface area contributed by atoms with Crippen LogP contribution in [0.3, 0.4) is 0 Å². The van der Waals surface area contributed by atoms with Crippen molar-refractivity contribution in [2.45, 2.75) is 64.0 Å². The molecule has 1 N–H and O–H groups in total. The minimum Gasteiger partial charge on any atom is -0.381 e. The van der Waals surface area contributed by atoms with Crippen molar-refractivity contribution in [3.63, 3.8) is 0 Å². The largest absolute Gasteiger partial charge is 0.381 e. The molecule has 2 aliphatic rings. The Morgan fingerprint density at radius 1 is 1.19 bits per heavy atom. The first-order chi connectivity index (χ1) is 10.3. The molecule has 1 heterocycles. The second-order valence-electron chi connectivity index (χ2n) is 6.92. The standard InChI is InChI=1S/C19H29NO/c1-2-19(9-11-21-12-10-19)20-15-18-8-4-7-17(14-18)13-16-5-3-6-16/h4,7-8,14,16,20H,2-3,5-6,9-13,15H2,1H3. The third-order valence-corrected chi connectivity index (χ3v) is 5.53. The van der Waals surface area contributed by atoms with Crippen LogP contribution in [0.15, 0.2) is 24.3 Å². The van der Waals surface area contributed by atoms with Crippen LogP contribution in [0.2, 0.25) is 0 Å². The topological polar surface area (TPSA) is 21.3 Å². The van der Waals surface area contributed by atoms with Gasteiger partial charge in [0.05, 0.1) is 0 Å². The van der Waals surface area contributed by atoms with Crippen molar-refractivity contribution in [3.8, 4) is 0 Å². The molecule has 2 fully saturated rings. The van der Waals surface area contributed by atoms with Crippen molar-refractivity contribution in [2.75, 3.05) is 13.2 Å². The van der Waals surface area contributed by atoms with E-state index >= 15 is 0 Å². The summed E-state index contributed by atoms with van der Waals surface area (Å²) in [7, 11) is 0. The summed E-state index contributed by atoms with van der Waals surface area (Å²) in [5.41, 5.74) is 3.25. The molecule has 1 aromatic rings. The fraction of sp³-hybridized carbons (Fsp3) is 0.684. The van der Waals surface area contributed by atoms with Crippen molar-refractivity contribution in [2.24, 2.45) is 5.92 Å².